The molecule has 1 heterocycles. The van der Waals surface area contributed by atoms with E-state index in [0.29, 0.717) is 5.56 Å². The third-order valence-electron chi connectivity index (χ3n) is 4.02. The first-order chi connectivity index (χ1) is 9.97. The lowest BCUT2D eigenvalue weighted by Gasteiger charge is -2.30. The molecule has 0 radical (unpaired) electrons. The maximum atomic E-state index is 13.3. The van der Waals surface area contributed by atoms with Crippen molar-refractivity contribution in [3.8, 4) is 0 Å². The van der Waals surface area contributed by atoms with E-state index in [-0.39, 0.29) is 12.1 Å². The molecule has 1 N–H and O–H groups in total. The van der Waals surface area contributed by atoms with E-state index in [4.69, 9.17) is 0 Å². The van der Waals surface area contributed by atoms with Gasteiger partial charge in [0.1, 0.15) is 0 Å². The van der Waals surface area contributed by atoms with E-state index in [9.17, 15) is 13.2 Å². The summed E-state index contributed by atoms with van der Waals surface area (Å²) in [4.78, 5) is 2.40. The number of halogens is 3. The van der Waals surface area contributed by atoms with Crippen molar-refractivity contribution in [3.63, 3.8) is 0 Å². The Morgan fingerprint density at radius 1 is 1.05 bits per heavy atom. The molecule has 1 aliphatic heterocycles. The molecule has 1 saturated heterocycles. The van der Waals surface area contributed by atoms with Gasteiger partial charge in [0.15, 0.2) is 17.5 Å². The first kappa shape index (κ1) is 16.3. The molecule has 21 heavy (non-hydrogen) atoms. The lowest BCUT2D eigenvalue weighted by atomic mass is 10.1. The van der Waals surface area contributed by atoms with Crippen LogP contribution in [0.2, 0.25) is 0 Å². The second-order valence-corrected chi connectivity index (χ2v) is 5.95. The summed E-state index contributed by atoms with van der Waals surface area (Å²) < 4.78 is 39.5. The maximum Gasteiger partial charge on any atom is 0.194 e. The molecule has 2 rings (SSSR count). The van der Waals surface area contributed by atoms with Crippen molar-refractivity contribution in [1.29, 1.82) is 0 Å². The molecule has 1 fully saturated rings. The van der Waals surface area contributed by atoms with Crippen molar-refractivity contribution in [2.45, 2.75) is 45.2 Å². The molecular formula is C16H23F3N2. The van der Waals surface area contributed by atoms with Crippen molar-refractivity contribution < 1.29 is 13.2 Å². The minimum absolute atomic E-state index is 0.203. The number of nitrogens with zero attached hydrogens (tertiary/aromatic N) is 1. The van der Waals surface area contributed by atoms with Gasteiger partial charge in [0.2, 0.25) is 0 Å². The van der Waals surface area contributed by atoms with Crippen LogP contribution in [0, 0.1) is 17.5 Å². The number of piperidine rings is 1. The predicted octanol–water partition coefficient (Wildman–Crippen LogP) is 3.63. The lowest BCUT2D eigenvalue weighted by Crippen LogP contribution is -2.42. The van der Waals surface area contributed by atoms with Gasteiger partial charge in [-0.1, -0.05) is 6.42 Å². The number of benzene rings is 1. The van der Waals surface area contributed by atoms with Gasteiger partial charge >= 0.3 is 0 Å². The molecular weight excluding hydrogens is 277 g/mol. The maximum absolute atomic E-state index is 13.3. The second-order valence-electron chi connectivity index (χ2n) is 5.95. The number of likely N-dealkylation sites (tertiary alicyclic amines) is 1. The summed E-state index contributed by atoms with van der Waals surface area (Å²) in [7, 11) is 0. The highest BCUT2D eigenvalue weighted by molar-refractivity contribution is 5.22. The third kappa shape index (κ3) is 4.45. The Hall–Kier alpha value is -1.07. The quantitative estimate of drug-likeness (QED) is 0.835. The van der Waals surface area contributed by atoms with E-state index in [1.165, 1.54) is 19.3 Å². The largest absolute Gasteiger partial charge is 0.306 e. The minimum atomic E-state index is -1.41. The molecule has 0 aliphatic carbocycles. The van der Waals surface area contributed by atoms with Gasteiger partial charge in [-0.05, 0) is 57.5 Å². The van der Waals surface area contributed by atoms with E-state index in [1.807, 2.05) is 6.92 Å². The average molecular weight is 300 g/mol. The van der Waals surface area contributed by atoms with Crippen molar-refractivity contribution in [1.82, 2.24) is 10.2 Å². The fraction of sp³-hybridized carbons (Fsp3) is 0.625. The molecule has 0 saturated carbocycles. The van der Waals surface area contributed by atoms with Crippen molar-refractivity contribution in [3.05, 3.63) is 35.1 Å². The first-order valence-corrected chi connectivity index (χ1v) is 7.60. The van der Waals surface area contributed by atoms with Crippen LogP contribution >= 0.6 is 0 Å². The van der Waals surface area contributed by atoms with Crippen molar-refractivity contribution in [2.75, 3.05) is 19.6 Å². The number of rotatable bonds is 5. The van der Waals surface area contributed by atoms with Crippen LogP contribution in [0.4, 0.5) is 13.2 Å². The molecule has 1 aromatic carbocycles. The average Bonchev–Trinajstić information content (AvgIpc) is 2.45. The number of nitrogens with one attached hydrogen (secondary N) is 1. The summed E-state index contributed by atoms with van der Waals surface area (Å²) in [5, 5.41) is 3.32. The van der Waals surface area contributed by atoms with Crippen LogP contribution < -0.4 is 5.32 Å². The Bertz CT molecular complexity index is 450. The molecule has 0 amide bonds. The first-order valence-electron chi connectivity index (χ1n) is 7.60. The fourth-order valence-corrected chi connectivity index (χ4v) is 2.93. The molecule has 5 heteroatoms. The Morgan fingerprint density at radius 2 is 1.62 bits per heavy atom. The zero-order chi connectivity index (χ0) is 15.4. The lowest BCUT2D eigenvalue weighted by molar-refractivity contribution is 0.205. The van der Waals surface area contributed by atoms with Gasteiger partial charge in [0.25, 0.3) is 0 Å². The number of hydrogen-bond acceptors (Lipinski definition) is 2. The molecule has 2 unspecified atom stereocenters. The molecule has 0 spiro atoms. The van der Waals surface area contributed by atoms with Crippen LogP contribution in [-0.4, -0.2) is 30.6 Å². The van der Waals surface area contributed by atoms with Gasteiger partial charge in [-0.25, -0.2) is 13.2 Å². The topological polar surface area (TPSA) is 15.3 Å². The van der Waals surface area contributed by atoms with E-state index >= 15 is 0 Å². The summed E-state index contributed by atoms with van der Waals surface area (Å²) >= 11 is 0. The fourth-order valence-electron chi connectivity index (χ4n) is 2.93. The number of hydrogen-bond donors (Lipinski definition) is 1. The minimum Gasteiger partial charge on any atom is -0.306 e. The van der Waals surface area contributed by atoms with Crippen LogP contribution in [0.1, 0.15) is 44.7 Å². The van der Waals surface area contributed by atoms with Gasteiger partial charge in [-0.15, -0.1) is 0 Å². The van der Waals surface area contributed by atoms with E-state index in [2.05, 4.69) is 17.1 Å². The van der Waals surface area contributed by atoms with Crippen molar-refractivity contribution in [2.24, 2.45) is 0 Å². The zero-order valence-corrected chi connectivity index (χ0v) is 12.6. The van der Waals surface area contributed by atoms with Gasteiger partial charge in [-0.2, -0.15) is 0 Å². The summed E-state index contributed by atoms with van der Waals surface area (Å²) in [6, 6.07) is 2.09. The molecule has 0 aromatic heterocycles. The van der Waals surface area contributed by atoms with Crippen LogP contribution in [-0.2, 0) is 0 Å². The molecule has 0 bridgehead atoms. The Balaban J connectivity index is 1.92. The normalized spacial score (nSPS) is 19.5. The Morgan fingerprint density at radius 3 is 2.19 bits per heavy atom. The van der Waals surface area contributed by atoms with Crippen LogP contribution in [0.25, 0.3) is 0 Å². The SMILES string of the molecule is CC(CN1CCCCC1)NC(C)c1cc(F)c(F)c(F)c1. The molecule has 2 atom stereocenters. The summed E-state index contributed by atoms with van der Waals surface area (Å²) in [6.07, 6.45) is 3.76. The van der Waals surface area contributed by atoms with Crippen LogP contribution in [0.3, 0.4) is 0 Å². The molecule has 1 aliphatic rings. The predicted molar refractivity (Wildman–Crippen MR) is 77.6 cm³/mol. The Kier molecular flexibility index (Phi) is 5.65. The van der Waals surface area contributed by atoms with E-state index in [0.717, 1.165) is 31.8 Å². The third-order valence-corrected chi connectivity index (χ3v) is 4.02. The molecule has 118 valence electrons. The van der Waals surface area contributed by atoms with Gasteiger partial charge in [0, 0.05) is 18.6 Å². The van der Waals surface area contributed by atoms with Crippen LogP contribution in [0.5, 0.6) is 0 Å². The van der Waals surface area contributed by atoms with E-state index < -0.39 is 17.5 Å². The summed E-state index contributed by atoms with van der Waals surface area (Å²) in [5.74, 6) is -3.68. The standard InChI is InChI=1S/C16H23F3N2/c1-11(10-21-6-4-3-5-7-21)20-12(2)13-8-14(17)16(19)15(18)9-13/h8-9,11-12,20H,3-7,10H2,1-2H3. The summed E-state index contributed by atoms with van der Waals surface area (Å²) in [5.41, 5.74) is 0.428. The van der Waals surface area contributed by atoms with Crippen LogP contribution in [0.15, 0.2) is 12.1 Å². The molecule has 2 nitrogen and oxygen atoms in total. The van der Waals surface area contributed by atoms with Gasteiger partial charge in [-0.3, -0.25) is 0 Å². The zero-order valence-electron chi connectivity index (χ0n) is 12.6. The highest BCUT2D eigenvalue weighted by atomic mass is 19.2. The second kappa shape index (κ2) is 7.27. The van der Waals surface area contributed by atoms with Crippen molar-refractivity contribution >= 4 is 0 Å². The Labute approximate surface area is 124 Å². The van der Waals surface area contributed by atoms with E-state index in [1.54, 1.807) is 0 Å². The molecule has 1 aromatic rings. The highest BCUT2D eigenvalue weighted by Gasteiger charge is 2.18. The monoisotopic (exact) mass is 300 g/mol. The summed E-state index contributed by atoms with van der Waals surface area (Å²) in [6.45, 7) is 7.02. The highest BCUT2D eigenvalue weighted by Crippen LogP contribution is 2.20. The van der Waals surface area contributed by atoms with Gasteiger partial charge < -0.3 is 10.2 Å². The van der Waals surface area contributed by atoms with Gasteiger partial charge in [0.05, 0.1) is 0 Å². The smallest absolute Gasteiger partial charge is 0.194 e.